The van der Waals surface area contributed by atoms with Crippen LogP contribution in [0.5, 0.6) is 5.19 Å². The van der Waals surface area contributed by atoms with Crippen molar-refractivity contribution in [3.05, 3.63) is 30.5 Å². The van der Waals surface area contributed by atoms with E-state index in [9.17, 15) is 4.79 Å². The van der Waals surface area contributed by atoms with Crippen molar-refractivity contribution < 1.29 is 14.0 Å². The van der Waals surface area contributed by atoms with Crippen LogP contribution in [0.15, 0.2) is 30.5 Å². The number of methoxy groups -OCH3 is 1. The Morgan fingerprint density at radius 3 is 2.63 bits per heavy atom. The Morgan fingerprint density at radius 1 is 1.23 bits per heavy atom. The van der Waals surface area contributed by atoms with Crippen LogP contribution < -0.4 is 10.1 Å². The van der Waals surface area contributed by atoms with E-state index in [4.69, 9.17) is 9.16 Å². The third-order valence-corrected chi connectivity index (χ3v) is 11.9. The van der Waals surface area contributed by atoms with Crippen molar-refractivity contribution in [1.29, 1.82) is 0 Å². The summed E-state index contributed by atoms with van der Waals surface area (Å²) in [6.45, 7) is 11.3. The van der Waals surface area contributed by atoms with Gasteiger partial charge in [-0.25, -0.2) is 4.98 Å². The lowest BCUT2D eigenvalue weighted by Gasteiger charge is -2.42. The number of carbonyl (C=O) groups is 1. The van der Waals surface area contributed by atoms with Gasteiger partial charge in [0.15, 0.2) is 8.32 Å². The maximum Gasteiger partial charge on any atom is 0.273 e. The normalized spacial score (nSPS) is 20.1. The molecule has 30 heavy (non-hydrogen) atoms. The molecule has 1 saturated carbocycles. The van der Waals surface area contributed by atoms with Crippen LogP contribution in [-0.4, -0.2) is 32.4 Å². The molecule has 7 heteroatoms. The van der Waals surface area contributed by atoms with Crippen LogP contribution in [0.3, 0.4) is 0 Å². The molecule has 1 fully saturated rings. The minimum Gasteiger partial charge on any atom is -0.473 e. The number of ether oxygens (including phenoxy) is 1. The molecular formula is C23H34N2O3SSi. The molecule has 0 bridgehead atoms. The SMILES string of the molecule is COc1ncc(-c2cccc(NC(=O)C3CCCCC3O[Si](C)(C)C(C)(C)C)c2)s1. The molecule has 2 aromatic rings. The average molecular weight is 447 g/mol. The first-order valence-corrected chi connectivity index (χ1v) is 14.4. The number of anilines is 1. The van der Waals surface area contributed by atoms with Crippen LogP contribution in [0, 0.1) is 5.92 Å². The van der Waals surface area contributed by atoms with Crippen molar-refractivity contribution in [3.8, 4) is 15.6 Å². The van der Waals surface area contributed by atoms with Crippen molar-refractivity contribution in [3.63, 3.8) is 0 Å². The van der Waals surface area contributed by atoms with E-state index < -0.39 is 8.32 Å². The number of nitrogens with one attached hydrogen (secondary N) is 1. The minimum atomic E-state index is -1.92. The summed E-state index contributed by atoms with van der Waals surface area (Å²) in [5.74, 6) is -0.0301. The molecule has 1 aliphatic carbocycles. The predicted octanol–water partition coefficient (Wildman–Crippen LogP) is 6.34. The number of hydrogen-bond donors (Lipinski definition) is 1. The van der Waals surface area contributed by atoms with Crippen molar-refractivity contribution in [1.82, 2.24) is 4.98 Å². The Balaban J connectivity index is 1.73. The zero-order valence-electron chi connectivity index (χ0n) is 19.0. The van der Waals surface area contributed by atoms with Gasteiger partial charge in [-0.1, -0.05) is 57.1 Å². The largest absolute Gasteiger partial charge is 0.473 e. The van der Waals surface area contributed by atoms with Gasteiger partial charge in [-0.15, -0.1) is 0 Å². The molecule has 1 heterocycles. The van der Waals surface area contributed by atoms with Gasteiger partial charge >= 0.3 is 0 Å². The zero-order chi connectivity index (χ0) is 21.9. The van der Waals surface area contributed by atoms with Gasteiger partial charge in [0.25, 0.3) is 5.19 Å². The lowest BCUT2D eigenvalue weighted by molar-refractivity contribution is -0.124. The van der Waals surface area contributed by atoms with Gasteiger partial charge < -0.3 is 14.5 Å². The number of rotatable bonds is 6. The van der Waals surface area contributed by atoms with Gasteiger partial charge in [-0.2, -0.15) is 0 Å². The number of thiazole rings is 1. The lowest BCUT2D eigenvalue weighted by atomic mass is 9.86. The van der Waals surface area contributed by atoms with Crippen LogP contribution in [0.25, 0.3) is 10.4 Å². The zero-order valence-corrected chi connectivity index (χ0v) is 20.8. The van der Waals surface area contributed by atoms with Gasteiger partial charge in [0.05, 0.1) is 24.0 Å². The molecule has 2 unspecified atom stereocenters. The highest BCUT2D eigenvalue weighted by atomic mass is 32.1. The minimum absolute atomic E-state index is 0.00795. The van der Waals surface area contributed by atoms with Crippen molar-refractivity contribution in [2.45, 2.75) is 70.7 Å². The molecule has 5 nitrogen and oxygen atoms in total. The molecule has 3 rings (SSSR count). The van der Waals surface area contributed by atoms with Gasteiger partial charge in [0.2, 0.25) is 5.91 Å². The standard InChI is InChI=1S/C23H34N2O3SSi/c1-23(2,3)30(5,6)28-19-13-8-7-12-18(19)21(26)25-17-11-9-10-16(14-17)20-15-24-22(27-4)29-20/h9-11,14-15,18-19H,7-8,12-13H2,1-6H3,(H,25,26). The van der Waals surface area contributed by atoms with E-state index in [1.807, 2.05) is 24.3 Å². The van der Waals surface area contributed by atoms with Gasteiger partial charge in [-0.05, 0) is 48.7 Å². The van der Waals surface area contributed by atoms with Gasteiger partial charge in [0.1, 0.15) is 0 Å². The molecule has 0 spiro atoms. The third kappa shape index (κ3) is 5.31. The Kier molecular flexibility index (Phi) is 7.04. The molecule has 1 amide bonds. The summed E-state index contributed by atoms with van der Waals surface area (Å²) in [5.41, 5.74) is 1.83. The van der Waals surface area contributed by atoms with E-state index in [1.165, 1.54) is 11.3 Å². The van der Waals surface area contributed by atoms with E-state index in [-0.39, 0.29) is 23.0 Å². The number of hydrogen-bond acceptors (Lipinski definition) is 5. The first-order valence-electron chi connectivity index (χ1n) is 10.7. The van der Waals surface area contributed by atoms with Crippen molar-refractivity contribution in [2.75, 3.05) is 12.4 Å². The Morgan fingerprint density at radius 2 is 1.97 bits per heavy atom. The van der Waals surface area contributed by atoms with E-state index in [1.54, 1.807) is 13.3 Å². The van der Waals surface area contributed by atoms with Gasteiger partial charge in [-0.3, -0.25) is 4.79 Å². The number of amides is 1. The Hall–Kier alpha value is -1.70. The fraction of sp³-hybridized carbons (Fsp3) is 0.565. The number of aromatic nitrogens is 1. The molecule has 1 aromatic heterocycles. The summed E-state index contributed by atoms with van der Waals surface area (Å²) < 4.78 is 11.9. The van der Waals surface area contributed by atoms with Crippen LogP contribution >= 0.6 is 11.3 Å². The maximum absolute atomic E-state index is 13.2. The highest BCUT2D eigenvalue weighted by Gasteiger charge is 2.42. The quantitative estimate of drug-likeness (QED) is 0.526. The highest BCUT2D eigenvalue weighted by Crippen LogP contribution is 2.40. The fourth-order valence-corrected chi connectivity index (χ4v) is 5.68. The lowest BCUT2D eigenvalue weighted by Crippen LogP contribution is -2.48. The van der Waals surface area contributed by atoms with Crippen LogP contribution in [0.2, 0.25) is 18.1 Å². The molecule has 0 aliphatic heterocycles. The first kappa shape index (κ1) is 23.0. The molecule has 0 radical (unpaired) electrons. The molecule has 1 N–H and O–H groups in total. The van der Waals surface area contributed by atoms with E-state index in [0.717, 1.165) is 41.8 Å². The smallest absolute Gasteiger partial charge is 0.273 e. The molecule has 164 valence electrons. The predicted molar refractivity (Wildman–Crippen MR) is 127 cm³/mol. The topological polar surface area (TPSA) is 60.5 Å². The van der Waals surface area contributed by atoms with E-state index >= 15 is 0 Å². The van der Waals surface area contributed by atoms with Gasteiger partial charge in [0, 0.05) is 11.9 Å². The van der Waals surface area contributed by atoms with Crippen LogP contribution in [0.4, 0.5) is 5.69 Å². The Bertz CT molecular complexity index is 875. The number of carbonyl (C=O) groups excluding carboxylic acids is 1. The summed E-state index contributed by atoms with van der Waals surface area (Å²) in [6.07, 6.45) is 5.87. The second-order valence-electron chi connectivity index (χ2n) is 9.57. The average Bonchev–Trinajstić information content (AvgIpc) is 3.17. The number of nitrogens with zero attached hydrogens (tertiary/aromatic N) is 1. The first-order chi connectivity index (χ1) is 14.1. The summed E-state index contributed by atoms with van der Waals surface area (Å²) in [7, 11) is -0.307. The summed E-state index contributed by atoms with van der Waals surface area (Å²) in [5, 5.41) is 3.91. The van der Waals surface area contributed by atoms with Crippen LogP contribution in [0.1, 0.15) is 46.5 Å². The molecule has 0 saturated heterocycles. The maximum atomic E-state index is 13.2. The molecule has 1 aromatic carbocycles. The second kappa shape index (κ2) is 9.20. The van der Waals surface area contributed by atoms with E-state index in [0.29, 0.717) is 5.19 Å². The Labute approximate surface area is 185 Å². The fourth-order valence-electron chi connectivity index (χ4n) is 3.56. The van der Waals surface area contributed by atoms with Crippen molar-refractivity contribution >= 4 is 31.2 Å². The van der Waals surface area contributed by atoms with Crippen LogP contribution in [-0.2, 0) is 9.22 Å². The molecular weight excluding hydrogens is 412 g/mol. The highest BCUT2D eigenvalue weighted by molar-refractivity contribution is 7.16. The van der Waals surface area contributed by atoms with E-state index in [2.05, 4.69) is 44.2 Å². The third-order valence-electron chi connectivity index (χ3n) is 6.37. The molecule has 1 aliphatic rings. The molecule has 2 atom stereocenters. The summed E-state index contributed by atoms with van der Waals surface area (Å²) >= 11 is 1.49. The van der Waals surface area contributed by atoms with Crippen molar-refractivity contribution in [2.24, 2.45) is 5.92 Å². The number of benzene rings is 1. The summed E-state index contributed by atoms with van der Waals surface area (Å²) in [6, 6.07) is 7.91. The second-order valence-corrected chi connectivity index (χ2v) is 15.3. The summed E-state index contributed by atoms with van der Waals surface area (Å²) in [4.78, 5) is 18.5. The monoisotopic (exact) mass is 446 g/mol.